The Morgan fingerprint density at radius 2 is 1.42 bits per heavy atom. The minimum atomic E-state index is -0.0541. The quantitative estimate of drug-likeness (QED) is 0.0871. The molecule has 0 bridgehead atoms. The van der Waals surface area contributed by atoms with E-state index in [1.165, 1.54) is 41.6 Å². The molecule has 0 amide bonds. The average molecular weight is 670 g/mol. The molecule has 0 fully saturated rings. The Labute approximate surface area is 296 Å². The van der Waals surface area contributed by atoms with Crippen molar-refractivity contribution in [2.45, 2.75) is 92.2 Å². The highest BCUT2D eigenvalue weighted by Gasteiger charge is 2.13. The molecule has 3 N–H and O–H groups in total. The van der Waals surface area contributed by atoms with Crippen LogP contribution in [0.15, 0.2) is 103 Å². The minimum absolute atomic E-state index is 0.0541. The van der Waals surface area contributed by atoms with Crippen molar-refractivity contribution in [3.05, 3.63) is 131 Å². The largest absolute Gasteiger partial charge is 0.508 e. The molecule has 4 aromatic carbocycles. The van der Waals surface area contributed by atoms with E-state index in [0.717, 1.165) is 37.2 Å². The highest BCUT2D eigenvalue weighted by atomic mass is 32.2. The van der Waals surface area contributed by atoms with Gasteiger partial charge in [-0.1, -0.05) is 98.6 Å². The van der Waals surface area contributed by atoms with Gasteiger partial charge < -0.3 is 15.1 Å². The number of nitrogens with one attached hydrogen (secondary N) is 2. The molecule has 0 aliphatic carbocycles. The number of anilines is 1. The second kappa shape index (κ2) is 23.1. The molecular formula is C43H63N3OS. The predicted molar refractivity (Wildman–Crippen MR) is 216 cm³/mol. The van der Waals surface area contributed by atoms with Crippen molar-refractivity contribution >= 4 is 22.2 Å². The molecule has 4 nitrogen and oxygen atoms in total. The van der Waals surface area contributed by atoms with Crippen molar-refractivity contribution in [2.24, 2.45) is 0 Å². The van der Waals surface area contributed by atoms with Gasteiger partial charge in [0.25, 0.3) is 0 Å². The first kappa shape index (κ1) is 40.8. The molecule has 2 atom stereocenters. The molecule has 0 aromatic heterocycles. The summed E-state index contributed by atoms with van der Waals surface area (Å²) >= 11 is 0. The van der Waals surface area contributed by atoms with Crippen molar-refractivity contribution in [1.29, 1.82) is 0 Å². The molecule has 0 heterocycles. The summed E-state index contributed by atoms with van der Waals surface area (Å²) in [5, 5.41) is 13.0. The molecule has 0 spiro atoms. The first-order valence-corrected chi connectivity index (χ1v) is 19.4. The lowest BCUT2D eigenvalue weighted by molar-refractivity contribution is 0.173. The third-order valence-corrected chi connectivity index (χ3v) is 8.96. The fourth-order valence-electron chi connectivity index (χ4n) is 5.65. The van der Waals surface area contributed by atoms with Gasteiger partial charge in [0.2, 0.25) is 0 Å². The maximum atomic E-state index is 9.46. The van der Waals surface area contributed by atoms with Crippen molar-refractivity contribution in [2.75, 3.05) is 30.6 Å². The van der Waals surface area contributed by atoms with Crippen LogP contribution >= 0.6 is 10.7 Å². The lowest BCUT2D eigenvalue weighted by Crippen LogP contribution is -2.37. The number of nitrogens with zero attached hydrogens (tertiary/aromatic N) is 1. The SMILES string of the molecule is C=S(C)Nc1cccc(C(C)CNCCc2cccc(O)c2)c1.CCc1ccc(C)c(CCCN(C(C)C)C(C)C)c1.c1ccccc1. The van der Waals surface area contributed by atoms with Crippen LogP contribution in [0.25, 0.3) is 0 Å². The number of hydrogen-bond donors (Lipinski definition) is 3. The number of aryl methyl sites for hydroxylation is 3. The first-order chi connectivity index (χ1) is 23.0. The summed E-state index contributed by atoms with van der Waals surface area (Å²) < 4.78 is 3.37. The fraction of sp³-hybridized carbons (Fsp3) is 0.419. The summed E-state index contributed by atoms with van der Waals surface area (Å²) in [4.78, 5) is 2.58. The summed E-state index contributed by atoms with van der Waals surface area (Å²) in [7, 11) is -0.0541. The van der Waals surface area contributed by atoms with Crippen LogP contribution in [0.4, 0.5) is 5.69 Å². The molecule has 0 saturated carbocycles. The van der Waals surface area contributed by atoms with Crippen LogP contribution in [-0.2, 0) is 19.3 Å². The Kier molecular flexibility index (Phi) is 19.6. The second-order valence-electron chi connectivity index (χ2n) is 13.2. The number of hydrogen-bond acceptors (Lipinski definition) is 4. The number of phenolic OH excluding ortho intramolecular Hbond substituents is 1. The van der Waals surface area contributed by atoms with Crippen LogP contribution < -0.4 is 10.0 Å². The normalized spacial score (nSPS) is 12.1. The molecule has 4 rings (SSSR count). The van der Waals surface area contributed by atoms with E-state index in [9.17, 15) is 5.11 Å². The van der Waals surface area contributed by atoms with Crippen LogP contribution in [0.2, 0.25) is 0 Å². The zero-order valence-corrected chi connectivity index (χ0v) is 31.8. The smallest absolute Gasteiger partial charge is 0.115 e. The number of phenols is 1. The van der Waals surface area contributed by atoms with E-state index < -0.39 is 0 Å². The minimum Gasteiger partial charge on any atom is -0.508 e. The van der Waals surface area contributed by atoms with Gasteiger partial charge in [-0.15, -0.1) is 10.7 Å². The summed E-state index contributed by atoms with van der Waals surface area (Å²) in [5.74, 6) is 4.77. The van der Waals surface area contributed by atoms with Crippen molar-refractivity contribution in [3.8, 4) is 5.75 Å². The number of rotatable bonds is 15. The van der Waals surface area contributed by atoms with E-state index in [1.807, 2.05) is 54.6 Å². The van der Waals surface area contributed by atoms with E-state index in [4.69, 9.17) is 0 Å². The van der Waals surface area contributed by atoms with E-state index in [1.54, 1.807) is 6.07 Å². The molecule has 0 aliphatic heterocycles. The van der Waals surface area contributed by atoms with Crippen LogP contribution in [0.1, 0.15) is 81.7 Å². The lowest BCUT2D eigenvalue weighted by Gasteiger charge is -2.30. The third kappa shape index (κ3) is 16.6. The number of aromatic hydroxyl groups is 1. The van der Waals surface area contributed by atoms with Crippen molar-refractivity contribution in [1.82, 2.24) is 10.2 Å². The Morgan fingerprint density at radius 3 is 2.00 bits per heavy atom. The van der Waals surface area contributed by atoms with Crippen LogP contribution in [0.3, 0.4) is 0 Å². The Hall–Kier alpha value is -3.38. The van der Waals surface area contributed by atoms with Gasteiger partial charge in [-0.05, 0) is 138 Å². The van der Waals surface area contributed by atoms with Crippen LogP contribution in [0, 0.1) is 6.92 Å². The molecule has 0 saturated heterocycles. The molecule has 48 heavy (non-hydrogen) atoms. The molecule has 262 valence electrons. The predicted octanol–water partition coefficient (Wildman–Crippen LogP) is 10.3. The maximum Gasteiger partial charge on any atom is 0.115 e. The molecule has 4 aromatic rings. The van der Waals surface area contributed by atoms with Gasteiger partial charge in [-0.3, -0.25) is 4.90 Å². The molecule has 2 unspecified atom stereocenters. The van der Waals surface area contributed by atoms with Crippen LogP contribution in [0.5, 0.6) is 5.75 Å². The zero-order chi connectivity index (χ0) is 35.3. The molecule has 0 aliphatic rings. The monoisotopic (exact) mass is 669 g/mol. The van der Waals surface area contributed by atoms with Crippen molar-refractivity contribution in [3.63, 3.8) is 0 Å². The van der Waals surface area contributed by atoms with Gasteiger partial charge in [-0.25, -0.2) is 0 Å². The fourth-order valence-corrected chi connectivity index (χ4v) is 6.18. The van der Waals surface area contributed by atoms with Crippen molar-refractivity contribution < 1.29 is 5.11 Å². The van der Waals surface area contributed by atoms with E-state index >= 15 is 0 Å². The van der Waals surface area contributed by atoms with E-state index in [0.29, 0.717) is 23.8 Å². The first-order valence-electron chi connectivity index (χ1n) is 17.6. The Morgan fingerprint density at radius 1 is 0.771 bits per heavy atom. The lowest BCUT2D eigenvalue weighted by atomic mass is 9.99. The van der Waals surface area contributed by atoms with Gasteiger partial charge in [0.05, 0.1) is 0 Å². The summed E-state index contributed by atoms with van der Waals surface area (Å²) in [6, 6.07) is 36.2. The van der Waals surface area contributed by atoms with Crippen LogP contribution in [-0.4, -0.2) is 53.9 Å². The topological polar surface area (TPSA) is 47.5 Å². The third-order valence-electron chi connectivity index (χ3n) is 8.38. The Balaban J connectivity index is 0.000000287. The zero-order valence-electron chi connectivity index (χ0n) is 31.0. The molecule has 5 heteroatoms. The number of benzene rings is 4. The second-order valence-corrected chi connectivity index (χ2v) is 14.7. The average Bonchev–Trinajstić information content (AvgIpc) is 3.06. The van der Waals surface area contributed by atoms with Gasteiger partial charge in [0, 0.05) is 24.3 Å². The highest BCUT2D eigenvalue weighted by molar-refractivity contribution is 8.14. The van der Waals surface area contributed by atoms with Gasteiger partial charge >= 0.3 is 0 Å². The summed E-state index contributed by atoms with van der Waals surface area (Å²) in [6.45, 7) is 18.9. The molecule has 0 radical (unpaired) electrons. The summed E-state index contributed by atoms with van der Waals surface area (Å²) in [6.07, 6.45) is 6.58. The maximum absolute atomic E-state index is 9.46. The molecular weight excluding hydrogens is 607 g/mol. The van der Waals surface area contributed by atoms with E-state index in [-0.39, 0.29) is 10.7 Å². The van der Waals surface area contributed by atoms with Gasteiger partial charge in [-0.2, -0.15) is 0 Å². The standard InChI is InChI=1S/C19H26N2OS.C18H31N.C6H6/c1-15(17-7-5-8-18(13-17)21-23(2)3)14-20-11-10-16-6-4-9-19(22)12-16;1-7-17-11-10-16(6)18(13-17)9-8-12-19(14(2)3)15(4)5;1-2-4-6-5-3-1/h4-9,12-13,15,20-22H,2,10-11,14H2,1,3H3;10-11,13-15H,7-9,12H2,1-6H3;1-6H. The van der Waals surface area contributed by atoms with E-state index in [2.05, 4.69) is 118 Å². The van der Waals surface area contributed by atoms with Gasteiger partial charge in [0.15, 0.2) is 0 Å². The summed E-state index contributed by atoms with van der Waals surface area (Å²) in [5.41, 5.74) is 8.05. The van der Waals surface area contributed by atoms with Gasteiger partial charge in [0.1, 0.15) is 5.75 Å². The Bertz CT molecular complexity index is 1420. The highest BCUT2D eigenvalue weighted by Crippen LogP contribution is 2.21.